The minimum atomic E-state index is 0.502. The lowest BCUT2D eigenvalue weighted by Crippen LogP contribution is -2.29. The first-order valence-corrected chi connectivity index (χ1v) is 6.17. The summed E-state index contributed by atoms with van der Waals surface area (Å²) in [5.41, 5.74) is 0. The summed E-state index contributed by atoms with van der Waals surface area (Å²) in [5, 5.41) is 3.25. The maximum absolute atomic E-state index is 5.85. The van der Waals surface area contributed by atoms with E-state index in [4.69, 9.17) is 4.74 Å². The van der Waals surface area contributed by atoms with Crippen LogP contribution in [0.2, 0.25) is 0 Å². The Morgan fingerprint density at radius 1 is 1.33 bits per heavy atom. The van der Waals surface area contributed by atoms with Crippen LogP contribution in [0.4, 0.5) is 0 Å². The quantitative estimate of drug-likeness (QED) is 0.538. The smallest absolute Gasteiger partial charge is 0.0594 e. The molecule has 0 saturated heterocycles. The summed E-state index contributed by atoms with van der Waals surface area (Å²) in [7, 11) is 0. The first-order chi connectivity index (χ1) is 7.24. The van der Waals surface area contributed by atoms with Crippen LogP contribution in [0.15, 0.2) is 12.7 Å². The Bertz CT molecular complexity index is 181. The second kappa shape index (κ2) is 7.02. The van der Waals surface area contributed by atoms with Crippen LogP contribution in [0, 0.1) is 11.8 Å². The van der Waals surface area contributed by atoms with Crippen molar-refractivity contribution in [1.82, 2.24) is 5.32 Å². The van der Waals surface area contributed by atoms with Gasteiger partial charge in [0.05, 0.1) is 12.7 Å². The van der Waals surface area contributed by atoms with Crippen LogP contribution < -0.4 is 5.32 Å². The average Bonchev–Trinajstić information content (AvgIpc) is 2.23. The summed E-state index contributed by atoms with van der Waals surface area (Å²) in [5.74, 6) is 1.70. The normalized spacial score (nSPS) is 31.5. The van der Waals surface area contributed by atoms with E-state index in [9.17, 15) is 0 Å². The molecule has 0 aromatic carbocycles. The van der Waals surface area contributed by atoms with E-state index >= 15 is 0 Å². The SMILES string of the molecule is C=CCNCCOC1CCC(C)C(C)C1. The van der Waals surface area contributed by atoms with Crippen molar-refractivity contribution in [2.75, 3.05) is 19.7 Å². The number of rotatable bonds is 6. The van der Waals surface area contributed by atoms with Gasteiger partial charge in [-0.2, -0.15) is 0 Å². The lowest BCUT2D eigenvalue weighted by atomic mass is 9.80. The minimum absolute atomic E-state index is 0.502. The first-order valence-electron chi connectivity index (χ1n) is 6.17. The van der Waals surface area contributed by atoms with Crippen molar-refractivity contribution in [2.24, 2.45) is 11.8 Å². The van der Waals surface area contributed by atoms with E-state index in [-0.39, 0.29) is 0 Å². The maximum atomic E-state index is 5.85. The zero-order chi connectivity index (χ0) is 11.1. The third-order valence-corrected chi connectivity index (χ3v) is 3.47. The molecule has 1 aliphatic rings. The second-order valence-corrected chi connectivity index (χ2v) is 4.75. The number of ether oxygens (including phenoxy) is 1. The van der Waals surface area contributed by atoms with E-state index in [1.807, 2.05) is 6.08 Å². The topological polar surface area (TPSA) is 21.3 Å². The van der Waals surface area contributed by atoms with Crippen molar-refractivity contribution in [3.05, 3.63) is 12.7 Å². The molecule has 1 aliphatic carbocycles. The van der Waals surface area contributed by atoms with Gasteiger partial charge in [-0.05, 0) is 31.1 Å². The van der Waals surface area contributed by atoms with E-state index < -0.39 is 0 Å². The second-order valence-electron chi connectivity index (χ2n) is 4.75. The Balaban J connectivity index is 2.04. The predicted octanol–water partition coefficient (Wildman–Crippen LogP) is 2.60. The first kappa shape index (κ1) is 12.7. The molecule has 0 bridgehead atoms. The Kier molecular flexibility index (Phi) is 5.96. The highest BCUT2D eigenvalue weighted by Gasteiger charge is 2.24. The third-order valence-electron chi connectivity index (χ3n) is 3.47. The van der Waals surface area contributed by atoms with Gasteiger partial charge in [0.25, 0.3) is 0 Å². The summed E-state index contributed by atoms with van der Waals surface area (Å²) in [6.45, 7) is 11.0. The van der Waals surface area contributed by atoms with E-state index in [0.29, 0.717) is 6.10 Å². The molecule has 3 unspecified atom stereocenters. The molecule has 0 heterocycles. The van der Waals surface area contributed by atoms with E-state index in [1.165, 1.54) is 19.3 Å². The monoisotopic (exact) mass is 211 g/mol. The molecule has 1 N–H and O–H groups in total. The summed E-state index contributed by atoms with van der Waals surface area (Å²) in [4.78, 5) is 0. The zero-order valence-electron chi connectivity index (χ0n) is 10.2. The number of nitrogens with one attached hydrogen (secondary N) is 1. The molecule has 0 amide bonds. The molecule has 0 aromatic heterocycles. The highest BCUT2D eigenvalue weighted by Crippen LogP contribution is 2.30. The van der Waals surface area contributed by atoms with Crippen molar-refractivity contribution in [2.45, 2.75) is 39.2 Å². The van der Waals surface area contributed by atoms with Gasteiger partial charge in [0.1, 0.15) is 0 Å². The molecule has 0 spiro atoms. The van der Waals surface area contributed by atoms with Crippen molar-refractivity contribution in [3.8, 4) is 0 Å². The summed E-state index contributed by atoms with van der Waals surface area (Å²) in [6, 6.07) is 0. The van der Waals surface area contributed by atoms with Crippen molar-refractivity contribution in [3.63, 3.8) is 0 Å². The summed E-state index contributed by atoms with van der Waals surface area (Å²) >= 11 is 0. The van der Waals surface area contributed by atoms with Gasteiger partial charge >= 0.3 is 0 Å². The fraction of sp³-hybridized carbons (Fsp3) is 0.846. The van der Waals surface area contributed by atoms with Crippen molar-refractivity contribution < 1.29 is 4.74 Å². The molecule has 2 heteroatoms. The van der Waals surface area contributed by atoms with Crippen molar-refractivity contribution >= 4 is 0 Å². The molecule has 0 aromatic rings. The predicted molar refractivity (Wildman–Crippen MR) is 65.0 cm³/mol. The van der Waals surface area contributed by atoms with E-state index in [1.54, 1.807) is 0 Å². The van der Waals surface area contributed by atoms with Gasteiger partial charge in [-0.3, -0.25) is 0 Å². The van der Waals surface area contributed by atoms with Crippen LogP contribution in [0.1, 0.15) is 33.1 Å². The summed E-state index contributed by atoms with van der Waals surface area (Å²) in [6.07, 6.45) is 6.19. The Morgan fingerprint density at radius 2 is 2.13 bits per heavy atom. The highest BCUT2D eigenvalue weighted by atomic mass is 16.5. The third kappa shape index (κ3) is 4.80. The van der Waals surface area contributed by atoms with Gasteiger partial charge in [0.2, 0.25) is 0 Å². The van der Waals surface area contributed by atoms with Gasteiger partial charge in [0.15, 0.2) is 0 Å². The fourth-order valence-electron chi connectivity index (χ4n) is 2.15. The van der Waals surface area contributed by atoms with Gasteiger partial charge in [-0.15, -0.1) is 6.58 Å². The standard InChI is InChI=1S/C13H25NO/c1-4-7-14-8-9-15-13-6-5-11(2)12(3)10-13/h4,11-14H,1,5-10H2,2-3H3. The lowest BCUT2D eigenvalue weighted by molar-refractivity contribution is 0.00456. The van der Waals surface area contributed by atoms with Gasteiger partial charge in [-0.25, -0.2) is 0 Å². The van der Waals surface area contributed by atoms with Crippen molar-refractivity contribution in [1.29, 1.82) is 0 Å². The van der Waals surface area contributed by atoms with Crippen LogP contribution in [0.3, 0.4) is 0 Å². The zero-order valence-corrected chi connectivity index (χ0v) is 10.2. The Hall–Kier alpha value is -0.340. The average molecular weight is 211 g/mol. The summed E-state index contributed by atoms with van der Waals surface area (Å²) < 4.78 is 5.85. The molecule has 0 radical (unpaired) electrons. The fourth-order valence-corrected chi connectivity index (χ4v) is 2.15. The van der Waals surface area contributed by atoms with Crippen LogP contribution in [-0.4, -0.2) is 25.8 Å². The van der Waals surface area contributed by atoms with Gasteiger partial charge in [0, 0.05) is 13.1 Å². The molecule has 0 aliphatic heterocycles. The van der Waals surface area contributed by atoms with Crippen LogP contribution >= 0.6 is 0 Å². The van der Waals surface area contributed by atoms with Crippen LogP contribution in [-0.2, 0) is 4.74 Å². The number of hydrogen-bond acceptors (Lipinski definition) is 2. The molecule has 1 fully saturated rings. The Labute approximate surface area is 94.1 Å². The molecule has 3 atom stereocenters. The molecular formula is C13H25NO. The molecule has 1 rings (SSSR count). The minimum Gasteiger partial charge on any atom is -0.377 e. The van der Waals surface area contributed by atoms with Crippen LogP contribution in [0.25, 0.3) is 0 Å². The molecular weight excluding hydrogens is 186 g/mol. The Morgan fingerprint density at radius 3 is 2.80 bits per heavy atom. The van der Waals surface area contributed by atoms with E-state index in [2.05, 4.69) is 25.7 Å². The molecule has 1 saturated carbocycles. The lowest BCUT2D eigenvalue weighted by Gasteiger charge is -2.31. The highest BCUT2D eigenvalue weighted by molar-refractivity contribution is 4.75. The van der Waals surface area contributed by atoms with Gasteiger partial charge in [-0.1, -0.05) is 19.9 Å². The molecule has 15 heavy (non-hydrogen) atoms. The van der Waals surface area contributed by atoms with Gasteiger partial charge < -0.3 is 10.1 Å². The van der Waals surface area contributed by atoms with Crippen LogP contribution in [0.5, 0.6) is 0 Å². The maximum Gasteiger partial charge on any atom is 0.0594 e. The largest absolute Gasteiger partial charge is 0.377 e. The number of hydrogen-bond donors (Lipinski definition) is 1. The van der Waals surface area contributed by atoms with E-state index in [0.717, 1.165) is 31.5 Å². The molecule has 2 nitrogen and oxygen atoms in total. The molecule has 88 valence electrons.